The first-order valence-electron chi connectivity index (χ1n) is 4.58. The first kappa shape index (κ1) is 11.8. The van der Waals surface area contributed by atoms with E-state index in [1.807, 2.05) is 32.0 Å². The minimum Gasteiger partial charge on any atom is -0.198 e. The zero-order chi connectivity index (χ0) is 11.5. The highest BCUT2D eigenvalue weighted by molar-refractivity contribution is 9.10. The first-order chi connectivity index (χ1) is 7.01. The molecule has 1 aromatic carbocycles. The van der Waals surface area contributed by atoms with Crippen molar-refractivity contribution in [2.45, 2.75) is 25.7 Å². The third-order valence-corrected chi connectivity index (χ3v) is 3.09. The molecule has 0 saturated heterocycles. The maximum absolute atomic E-state index is 9.01. The van der Waals surface area contributed by atoms with Gasteiger partial charge in [0.15, 0.2) is 0 Å². The van der Waals surface area contributed by atoms with E-state index in [4.69, 9.17) is 10.5 Å². The molecule has 0 amide bonds. The Kier molecular flexibility index (Phi) is 3.50. The second-order valence-electron chi connectivity index (χ2n) is 3.88. The molecule has 0 aliphatic carbocycles. The average Bonchev–Trinajstić information content (AvgIpc) is 2.21. The molecule has 0 bridgehead atoms. The quantitative estimate of drug-likeness (QED) is 0.821. The molecule has 0 N–H and O–H groups in total. The summed E-state index contributed by atoms with van der Waals surface area (Å²) < 4.78 is 0.918. The summed E-state index contributed by atoms with van der Waals surface area (Å²) in [5.41, 5.74) is 1.36. The number of nitrogens with zero attached hydrogens (tertiary/aromatic N) is 2. The van der Waals surface area contributed by atoms with E-state index in [2.05, 4.69) is 28.1 Å². The van der Waals surface area contributed by atoms with Crippen LogP contribution in [0.1, 0.15) is 25.0 Å². The summed E-state index contributed by atoms with van der Waals surface area (Å²) in [5.74, 6) is 0. The highest BCUT2D eigenvalue weighted by Gasteiger charge is 2.20. The topological polar surface area (TPSA) is 47.6 Å². The number of hydrogen-bond acceptors (Lipinski definition) is 2. The van der Waals surface area contributed by atoms with E-state index < -0.39 is 5.41 Å². The van der Waals surface area contributed by atoms with Crippen molar-refractivity contribution >= 4 is 15.9 Å². The second-order valence-corrected chi connectivity index (χ2v) is 4.73. The molecule has 2 nitrogen and oxygen atoms in total. The van der Waals surface area contributed by atoms with Crippen molar-refractivity contribution < 1.29 is 0 Å². The van der Waals surface area contributed by atoms with E-state index in [-0.39, 0.29) is 0 Å². The van der Waals surface area contributed by atoms with Crippen molar-refractivity contribution in [1.82, 2.24) is 0 Å². The normalized spacial score (nSPS) is 10.5. The standard InChI is InChI=1S/C12H11BrN2/c1-12(2,8-15)10-3-4-11(13)9(7-10)5-6-14/h3-4,7H,5H2,1-2H3. The van der Waals surface area contributed by atoms with Crippen molar-refractivity contribution in [3.63, 3.8) is 0 Å². The number of nitriles is 2. The van der Waals surface area contributed by atoms with Gasteiger partial charge in [-0.05, 0) is 31.0 Å². The van der Waals surface area contributed by atoms with Crippen molar-refractivity contribution in [3.8, 4) is 12.1 Å². The third kappa shape index (κ3) is 2.58. The molecule has 0 fully saturated rings. The number of hydrogen-bond donors (Lipinski definition) is 0. The van der Waals surface area contributed by atoms with E-state index in [0.717, 1.165) is 15.6 Å². The van der Waals surface area contributed by atoms with Crippen molar-refractivity contribution in [1.29, 1.82) is 10.5 Å². The Labute approximate surface area is 98.3 Å². The highest BCUT2D eigenvalue weighted by atomic mass is 79.9. The van der Waals surface area contributed by atoms with Gasteiger partial charge in [0.2, 0.25) is 0 Å². The number of benzene rings is 1. The van der Waals surface area contributed by atoms with E-state index in [9.17, 15) is 0 Å². The monoisotopic (exact) mass is 262 g/mol. The number of halogens is 1. The Morgan fingerprint density at radius 3 is 2.53 bits per heavy atom. The minimum absolute atomic E-state index is 0.357. The molecule has 1 aromatic rings. The van der Waals surface area contributed by atoms with Gasteiger partial charge < -0.3 is 0 Å². The summed E-state index contributed by atoms with van der Waals surface area (Å²) in [6, 6.07) is 10.1. The summed E-state index contributed by atoms with van der Waals surface area (Å²) in [4.78, 5) is 0. The van der Waals surface area contributed by atoms with Crippen LogP contribution in [0.2, 0.25) is 0 Å². The maximum Gasteiger partial charge on any atom is 0.0766 e. The molecule has 0 aromatic heterocycles. The van der Waals surface area contributed by atoms with Crippen molar-refractivity contribution in [3.05, 3.63) is 33.8 Å². The van der Waals surface area contributed by atoms with Crippen molar-refractivity contribution in [2.75, 3.05) is 0 Å². The van der Waals surface area contributed by atoms with E-state index >= 15 is 0 Å². The Balaban J connectivity index is 3.21. The van der Waals surface area contributed by atoms with Crippen LogP contribution in [0.4, 0.5) is 0 Å². The lowest BCUT2D eigenvalue weighted by molar-refractivity contribution is 0.685. The van der Waals surface area contributed by atoms with Gasteiger partial charge in [-0.15, -0.1) is 0 Å². The zero-order valence-corrected chi connectivity index (χ0v) is 10.3. The Morgan fingerprint density at radius 2 is 2.00 bits per heavy atom. The van der Waals surface area contributed by atoms with Crippen molar-refractivity contribution in [2.24, 2.45) is 0 Å². The maximum atomic E-state index is 9.01. The molecule has 0 heterocycles. The summed E-state index contributed by atoms with van der Waals surface area (Å²) >= 11 is 3.39. The van der Waals surface area contributed by atoms with Gasteiger partial charge in [0.1, 0.15) is 0 Å². The summed E-state index contributed by atoms with van der Waals surface area (Å²) in [7, 11) is 0. The van der Waals surface area contributed by atoms with Crippen LogP contribution in [0.5, 0.6) is 0 Å². The first-order valence-corrected chi connectivity index (χ1v) is 5.37. The molecule has 1 rings (SSSR count). The van der Waals surface area contributed by atoms with E-state index in [1.54, 1.807) is 0 Å². The predicted molar refractivity (Wildman–Crippen MR) is 62.1 cm³/mol. The molecular formula is C12H11BrN2. The Bertz CT molecular complexity index is 450. The summed E-state index contributed by atoms with van der Waals surface area (Å²) in [5, 5.41) is 17.7. The molecular weight excluding hydrogens is 252 g/mol. The van der Waals surface area contributed by atoms with Crippen LogP contribution in [0.15, 0.2) is 22.7 Å². The molecule has 0 unspecified atom stereocenters. The van der Waals surface area contributed by atoms with Crippen LogP contribution < -0.4 is 0 Å². The fourth-order valence-corrected chi connectivity index (χ4v) is 1.64. The molecule has 0 aliphatic rings. The Hall–Kier alpha value is -1.32. The van der Waals surface area contributed by atoms with Gasteiger partial charge in [-0.2, -0.15) is 10.5 Å². The van der Waals surface area contributed by atoms with Crippen LogP contribution in [0.3, 0.4) is 0 Å². The van der Waals surface area contributed by atoms with Gasteiger partial charge in [-0.25, -0.2) is 0 Å². The lowest BCUT2D eigenvalue weighted by Crippen LogP contribution is -2.14. The van der Waals surface area contributed by atoms with Crippen LogP contribution in [0.25, 0.3) is 0 Å². The zero-order valence-electron chi connectivity index (χ0n) is 8.71. The largest absolute Gasteiger partial charge is 0.198 e. The van der Waals surface area contributed by atoms with E-state index in [0.29, 0.717) is 6.42 Å². The van der Waals surface area contributed by atoms with Crippen LogP contribution in [-0.2, 0) is 11.8 Å². The lowest BCUT2D eigenvalue weighted by atomic mass is 9.85. The Morgan fingerprint density at radius 1 is 1.33 bits per heavy atom. The van der Waals surface area contributed by atoms with Gasteiger partial charge in [-0.3, -0.25) is 0 Å². The van der Waals surface area contributed by atoms with Gasteiger partial charge in [0.25, 0.3) is 0 Å². The fraction of sp³-hybridized carbons (Fsp3) is 0.333. The molecule has 3 heteroatoms. The summed E-state index contributed by atoms with van der Waals surface area (Å²) in [6.07, 6.45) is 0.357. The second kappa shape index (κ2) is 4.47. The molecule has 0 spiro atoms. The average molecular weight is 263 g/mol. The third-order valence-electron chi connectivity index (χ3n) is 2.32. The fourth-order valence-electron chi connectivity index (χ4n) is 1.25. The van der Waals surface area contributed by atoms with Gasteiger partial charge >= 0.3 is 0 Å². The molecule has 0 radical (unpaired) electrons. The molecule has 0 saturated carbocycles. The van der Waals surface area contributed by atoms with Gasteiger partial charge in [-0.1, -0.05) is 28.1 Å². The summed E-state index contributed by atoms with van der Waals surface area (Å²) in [6.45, 7) is 3.73. The smallest absolute Gasteiger partial charge is 0.0766 e. The molecule has 0 aliphatic heterocycles. The molecule has 0 atom stereocenters. The predicted octanol–water partition coefficient (Wildman–Crippen LogP) is 3.32. The van der Waals surface area contributed by atoms with Crippen LogP contribution >= 0.6 is 15.9 Å². The van der Waals surface area contributed by atoms with Crippen LogP contribution in [0, 0.1) is 22.7 Å². The SMILES string of the molecule is CC(C)(C#N)c1ccc(Br)c(CC#N)c1. The highest BCUT2D eigenvalue weighted by Crippen LogP contribution is 2.27. The van der Waals surface area contributed by atoms with Crippen LogP contribution in [-0.4, -0.2) is 0 Å². The minimum atomic E-state index is -0.509. The van der Waals surface area contributed by atoms with E-state index in [1.165, 1.54) is 0 Å². The number of rotatable bonds is 2. The molecule has 76 valence electrons. The lowest BCUT2D eigenvalue weighted by Gasteiger charge is -2.16. The molecule has 15 heavy (non-hydrogen) atoms. The van der Waals surface area contributed by atoms with Gasteiger partial charge in [0.05, 0.1) is 24.0 Å². The van der Waals surface area contributed by atoms with Gasteiger partial charge in [0, 0.05) is 4.47 Å².